The van der Waals surface area contributed by atoms with Crippen molar-refractivity contribution in [1.82, 2.24) is 25.9 Å². The lowest BCUT2D eigenvalue weighted by atomic mass is 10.0. The smallest absolute Gasteiger partial charge is 0.326 e. The third kappa shape index (κ3) is 10.2. The molecule has 4 unspecified atom stereocenters. The molecule has 1 aromatic heterocycles. The van der Waals surface area contributed by atoms with Crippen LogP contribution in [0.5, 0.6) is 5.75 Å². The Morgan fingerprint density at radius 3 is 2.10 bits per heavy atom. The van der Waals surface area contributed by atoms with Gasteiger partial charge < -0.3 is 36.9 Å². The molecule has 4 atom stereocenters. The summed E-state index contributed by atoms with van der Waals surface area (Å²) < 4.78 is 0. The average Bonchev–Trinajstić information content (AvgIpc) is 3.49. The van der Waals surface area contributed by atoms with E-state index in [0.29, 0.717) is 11.4 Å². The number of aliphatic carboxylic acids is 1. The Labute approximate surface area is 247 Å². The molecule has 3 rings (SSSR count). The molecule has 42 heavy (non-hydrogen) atoms. The molecule has 0 fully saturated rings. The molecule has 1 heterocycles. The Hall–Kier alpha value is -4.36. The van der Waals surface area contributed by atoms with E-state index in [0.717, 1.165) is 11.1 Å². The highest BCUT2D eigenvalue weighted by molar-refractivity contribution is 7.98. The summed E-state index contributed by atoms with van der Waals surface area (Å²) >= 11 is 1.49. The quantitative estimate of drug-likeness (QED) is 0.125. The topological polar surface area (TPSA) is 200 Å². The zero-order chi connectivity index (χ0) is 30.5. The van der Waals surface area contributed by atoms with Crippen LogP contribution in [0.3, 0.4) is 0 Å². The van der Waals surface area contributed by atoms with Crippen molar-refractivity contribution in [3.8, 4) is 5.75 Å². The maximum Gasteiger partial charge on any atom is 0.326 e. The number of nitrogens with two attached hydrogens (primary N) is 1. The van der Waals surface area contributed by atoms with Crippen LogP contribution in [-0.2, 0) is 38.4 Å². The van der Waals surface area contributed by atoms with Gasteiger partial charge in [-0.25, -0.2) is 9.78 Å². The van der Waals surface area contributed by atoms with Gasteiger partial charge >= 0.3 is 5.97 Å². The number of benzene rings is 2. The van der Waals surface area contributed by atoms with Gasteiger partial charge in [0.15, 0.2) is 0 Å². The number of hydrogen-bond acceptors (Lipinski definition) is 8. The Morgan fingerprint density at radius 1 is 0.857 bits per heavy atom. The molecule has 3 aromatic rings. The molecule has 12 nitrogen and oxygen atoms in total. The molecule has 0 aliphatic rings. The number of nitrogens with one attached hydrogen (secondary N) is 4. The number of carbonyl (C=O) groups excluding carboxylic acids is 3. The van der Waals surface area contributed by atoms with Crippen molar-refractivity contribution < 1.29 is 29.4 Å². The number of thioether (sulfide) groups is 1. The van der Waals surface area contributed by atoms with Crippen molar-refractivity contribution in [3.05, 3.63) is 83.9 Å². The van der Waals surface area contributed by atoms with Crippen molar-refractivity contribution in [2.45, 2.75) is 49.9 Å². The number of aromatic amines is 1. The van der Waals surface area contributed by atoms with Crippen LogP contribution in [-0.4, -0.2) is 80.0 Å². The predicted octanol–water partition coefficient (Wildman–Crippen LogP) is 0.763. The van der Waals surface area contributed by atoms with Gasteiger partial charge in [0.2, 0.25) is 17.7 Å². The molecule has 0 spiro atoms. The molecule has 0 aliphatic carbocycles. The molecular formula is C29H36N6O6S. The highest BCUT2D eigenvalue weighted by Gasteiger charge is 2.30. The molecule has 3 amide bonds. The third-order valence-electron chi connectivity index (χ3n) is 6.48. The van der Waals surface area contributed by atoms with Crippen LogP contribution in [0.2, 0.25) is 0 Å². The fraction of sp³-hybridized carbons (Fsp3) is 0.345. The van der Waals surface area contributed by atoms with Gasteiger partial charge in [-0.1, -0.05) is 42.5 Å². The second kappa shape index (κ2) is 16.2. The van der Waals surface area contributed by atoms with Gasteiger partial charge in [-0.05, 0) is 48.1 Å². The average molecular weight is 597 g/mol. The minimum Gasteiger partial charge on any atom is -0.508 e. The Kier molecular flexibility index (Phi) is 12.4. The molecule has 0 radical (unpaired) electrons. The number of hydrogen-bond donors (Lipinski definition) is 7. The van der Waals surface area contributed by atoms with E-state index < -0.39 is 47.9 Å². The van der Waals surface area contributed by atoms with Crippen molar-refractivity contribution in [3.63, 3.8) is 0 Å². The van der Waals surface area contributed by atoms with Gasteiger partial charge in [-0.3, -0.25) is 14.4 Å². The number of H-pyrrole nitrogens is 1. The summed E-state index contributed by atoms with van der Waals surface area (Å²) in [6.07, 6.45) is 5.28. The highest BCUT2D eigenvalue weighted by atomic mass is 32.2. The van der Waals surface area contributed by atoms with Crippen molar-refractivity contribution in [1.29, 1.82) is 0 Å². The van der Waals surface area contributed by atoms with Crippen LogP contribution in [0, 0.1) is 0 Å². The van der Waals surface area contributed by atoms with Crippen molar-refractivity contribution >= 4 is 35.5 Å². The van der Waals surface area contributed by atoms with E-state index in [1.54, 1.807) is 36.4 Å². The Balaban J connectivity index is 1.74. The monoisotopic (exact) mass is 596 g/mol. The van der Waals surface area contributed by atoms with Gasteiger partial charge in [-0.15, -0.1) is 0 Å². The van der Waals surface area contributed by atoms with E-state index in [9.17, 15) is 29.4 Å². The van der Waals surface area contributed by atoms with Crippen molar-refractivity contribution in [2.75, 3.05) is 12.0 Å². The lowest BCUT2D eigenvalue weighted by Gasteiger charge is -2.25. The summed E-state index contributed by atoms with van der Waals surface area (Å²) in [4.78, 5) is 58.4. The lowest BCUT2D eigenvalue weighted by Crippen LogP contribution is -2.58. The first kappa shape index (κ1) is 32.2. The molecule has 0 aliphatic heterocycles. The number of rotatable bonds is 16. The van der Waals surface area contributed by atoms with Crippen LogP contribution in [0.4, 0.5) is 0 Å². The van der Waals surface area contributed by atoms with Gasteiger partial charge in [-0.2, -0.15) is 11.8 Å². The lowest BCUT2D eigenvalue weighted by molar-refractivity contribution is -0.142. The molecule has 0 saturated carbocycles. The molecule has 13 heteroatoms. The van der Waals surface area contributed by atoms with E-state index in [4.69, 9.17) is 5.73 Å². The molecule has 8 N–H and O–H groups in total. The van der Waals surface area contributed by atoms with Crippen molar-refractivity contribution in [2.24, 2.45) is 5.73 Å². The van der Waals surface area contributed by atoms with E-state index in [-0.39, 0.29) is 31.4 Å². The van der Waals surface area contributed by atoms with E-state index in [1.807, 2.05) is 12.3 Å². The number of carbonyl (C=O) groups is 4. The maximum atomic E-state index is 13.5. The number of aromatic hydroxyl groups is 1. The first-order chi connectivity index (χ1) is 20.2. The molecule has 0 saturated heterocycles. The first-order valence-electron chi connectivity index (χ1n) is 13.3. The van der Waals surface area contributed by atoms with Crippen LogP contribution < -0.4 is 21.7 Å². The SMILES string of the molecule is CSCCC(NC(=O)C(N)Cc1ccc(O)cc1)C(=O)NC(Cc1ccccc1)C(=O)NC(Cc1cnc[nH]1)C(=O)O. The largest absolute Gasteiger partial charge is 0.508 e. The number of nitrogens with zero attached hydrogens (tertiary/aromatic N) is 1. The summed E-state index contributed by atoms with van der Waals surface area (Å²) in [5.41, 5.74) is 8.13. The fourth-order valence-electron chi connectivity index (χ4n) is 4.18. The number of phenols is 1. The molecule has 224 valence electrons. The summed E-state index contributed by atoms with van der Waals surface area (Å²) in [5.74, 6) is -2.42. The van der Waals surface area contributed by atoms with E-state index in [2.05, 4.69) is 25.9 Å². The summed E-state index contributed by atoms with van der Waals surface area (Å²) in [5, 5.41) is 27.1. The maximum absolute atomic E-state index is 13.5. The first-order valence-corrected chi connectivity index (χ1v) is 14.7. The minimum absolute atomic E-state index is 0.0294. The third-order valence-corrected chi connectivity index (χ3v) is 7.13. The number of aromatic nitrogens is 2. The number of carboxylic acids is 1. The molecular weight excluding hydrogens is 560 g/mol. The van der Waals surface area contributed by atoms with Crippen LogP contribution in [0.1, 0.15) is 23.2 Å². The molecule has 0 bridgehead atoms. The number of carboxylic acid groups (broad SMARTS) is 1. The van der Waals surface area contributed by atoms with Crippen LogP contribution in [0.15, 0.2) is 67.1 Å². The van der Waals surface area contributed by atoms with E-state index >= 15 is 0 Å². The number of phenolic OH excluding ortho intramolecular Hbond substituents is 1. The summed E-state index contributed by atoms with van der Waals surface area (Å²) in [7, 11) is 0. The zero-order valence-corrected chi connectivity index (χ0v) is 24.0. The predicted molar refractivity (Wildman–Crippen MR) is 159 cm³/mol. The normalized spacial score (nSPS) is 13.8. The standard InChI is InChI=1S/C29H36N6O6S/c1-42-12-11-23(33-26(37)22(30)13-19-7-9-21(36)10-8-19)27(38)34-24(14-18-5-3-2-4-6-18)28(39)35-25(29(40)41)15-20-16-31-17-32-20/h2-10,16-17,22-25,36H,11-15,30H2,1H3,(H,31,32)(H,33,37)(H,34,38)(H,35,39)(H,40,41). The molecule has 2 aromatic carbocycles. The van der Waals surface area contributed by atoms with Crippen LogP contribution in [0.25, 0.3) is 0 Å². The van der Waals surface area contributed by atoms with Gasteiger partial charge in [0.25, 0.3) is 0 Å². The van der Waals surface area contributed by atoms with Gasteiger partial charge in [0.1, 0.15) is 23.9 Å². The summed E-state index contributed by atoms with van der Waals surface area (Å²) in [6, 6.07) is 11.0. The summed E-state index contributed by atoms with van der Waals surface area (Å²) in [6.45, 7) is 0. The fourth-order valence-corrected chi connectivity index (χ4v) is 4.65. The number of amides is 3. The number of imidazole rings is 1. The zero-order valence-electron chi connectivity index (χ0n) is 23.2. The Morgan fingerprint density at radius 2 is 1.48 bits per heavy atom. The Bertz CT molecular complexity index is 1310. The van der Waals surface area contributed by atoms with Gasteiger partial charge in [0.05, 0.1) is 12.4 Å². The second-order valence-electron chi connectivity index (χ2n) is 9.75. The van der Waals surface area contributed by atoms with Gasteiger partial charge in [0, 0.05) is 24.7 Å². The van der Waals surface area contributed by atoms with Crippen LogP contribution >= 0.6 is 11.8 Å². The minimum atomic E-state index is -1.27. The van der Waals surface area contributed by atoms with E-state index in [1.165, 1.54) is 36.4 Å². The second-order valence-corrected chi connectivity index (χ2v) is 10.7. The highest BCUT2D eigenvalue weighted by Crippen LogP contribution is 2.12.